The van der Waals surface area contributed by atoms with Crippen molar-refractivity contribution in [2.45, 2.75) is 34.2 Å². The molecule has 0 saturated heterocycles. The number of carbonyl (C=O) groups excluding carboxylic acids is 1. The van der Waals surface area contributed by atoms with Crippen LogP contribution in [-0.4, -0.2) is 33.7 Å². The number of aryl methyl sites for hydroxylation is 4. The molecule has 0 aliphatic heterocycles. The van der Waals surface area contributed by atoms with E-state index in [0.717, 1.165) is 28.0 Å². The van der Waals surface area contributed by atoms with Crippen LogP contribution in [0.5, 0.6) is 5.75 Å². The summed E-state index contributed by atoms with van der Waals surface area (Å²) in [4.78, 5) is 12.5. The molecule has 3 aromatic carbocycles. The highest BCUT2D eigenvalue weighted by molar-refractivity contribution is 7.92. The number of amides is 1. The van der Waals surface area contributed by atoms with Crippen LogP contribution in [0.3, 0.4) is 0 Å². The monoisotopic (exact) mass is 480 g/mol. The number of anilines is 1. The number of benzene rings is 3. The zero-order chi connectivity index (χ0) is 24.9. The van der Waals surface area contributed by atoms with E-state index in [1.54, 1.807) is 24.3 Å². The standard InChI is InChI=1S/C27H32N2O4S/c1-19-6-11-26(22(4)15-19)33-13-12-28-27(30)24-9-7-23(8-10-24)18-29(34(5,31)32)25-16-20(2)14-21(3)17-25/h6-11,14-17H,12-13,18H2,1-5H3,(H,28,30). The Morgan fingerprint density at radius 3 is 2.12 bits per heavy atom. The molecule has 0 heterocycles. The van der Waals surface area contributed by atoms with Gasteiger partial charge in [0.25, 0.3) is 5.91 Å². The van der Waals surface area contributed by atoms with Gasteiger partial charge in [-0.15, -0.1) is 0 Å². The van der Waals surface area contributed by atoms with Gasteiger partial charge in [0.2, 0.25) is 10.0 Å². The first-order valence-electron chi connectivity index (χ1n) is 11.2. The molecule has 0 saturated carbocycles. The fourth-order valence-electron chi connectivity index (χ4n) is 3.81. The Bertz CT molecular complexity index is 1250. The Morgan fingerprint density at radius 1 is 0.882 bits per heavy atom. The second-order valence-electron chi connectivity index (χ2n) is 8.69. The van der Waals surface area contributed by atoms with Crippen LogP contribution in [-0.2, 0) is 16.6 Å². The Labute approximate surface area is 202 Å². The number of carbonyl (C=O) groups is 1. The lowest BCUT2D eigenvalue weighted by molar-refractivity contribution is 0.0947. The first kappa shape index (κ1) is 25.3. The predicted octanol–water partition coefficient (Wildman–Crippen LogP) is 4.70. The van der Waals surface area contributed by atoms with Crippen molar-refractivity contribution in [3.05, 3.63) is 94.0 Å². The van der Waals surface area contributed by atoms with E-state index in [1.807, 2.05) is 58.0 Å². The molecule has 7 heteroatoms. The largest absolute Gasteiger partial charge is 0.491 e. The van der Waals surface area contributed by atoms with Gasteiger partial charge >= 0.3 is 0 Å². The van der Waals surface area contributed by atoms with Gasteiger partial charge in [0.05, 0.1) is 25.0 Å². The van der Waals surface area contributed by atoms with Crippen LogP contribution in [0.4, 0.5) is 5.69 Å². The average Bonchev–Trinajstić information content (AvgIpc) is 2.75. The third-order valence-corrected chi connectivity index (χ3v) is 6.55. The Hall–Kier alpha value is -3.32. The topological polar surface area (TPSA) is 75.7 Å². The van der Waals surface area contributed by atoms with Gasteiger partial charge in [0, 0.05) is 5.56 Å². The van der Waals surface area contributed by atoms with Crippen molar-refractivity contribution >= 4 is 21.6 Å². The lowest BCUT2D eigenvalue weighted by atomic mass is 10.1. The lowest BCUT2D eigenvalue weighted by Gasteiger charge is -2.23. The van der Waals surface area contributed by atoms with Crippen LogP contribution in [0.15, 0.2) is 60.7 Å². The van der Waals surface area contributed by atoms with Crippen molar-refractivity contribution in [1.82, 2.24) is 5.32 Å². The molecule has 34 heavy (non-hydrogen) atoms. The minimum absolute atomic E-state index is 0.188. The van der Waals surface area contributed by atoms with E-state index in [0.29, 0.717) is 24.4 Å². The van der Waals surface area contributed by atoms with E-state index in [-0.39, 0.29) is 12.5 Å². The van der Waals surface area contributed by atoms with Gasteiger partial charge in [-0.25, -0.2) is 8.42 Å². The molecule has 0 aromatic heterocycles. The fraction of sp³-hybridized carbons (Fsp3) is 0.296. The summed E-state index contributed by atoms with van der Waals surface area (Å²) < 4.78 is 32.1. The molecule has 6 nitrogen and oxygen atoms in total. The number of hydrogen-bond donors (Lipinski definition) is 1. The zero-order valence-electron chi connectivity index (χ0n) is 20.4. The van der Waals surface area contributed by atoms with Crippen LogP contribution in [0.25, 0.3) is 0 Å². The molecule has 0 bridgehead atoms. The molecular formula is C27H32N2O4S. The summed E-state index contributed by atoms with van der Waals surface area (Å²) >= 11 is 0. The Balaban J connectivity index is 1.60. The smallest absolute Gasteiger partial charge is 0.251 e. The van der Waals surface area contributed by atoms with E-state index in [1.165, 1.54) is 16.1 Å². The highest BCUT2D eigenvalue weighted by Gasteiger charge is 2.19. The molecule has 0 atom stereocenters. The van der Waals surface area contributed by atoms with Crippen molar-refractivity contribution in [2.75, 3.05) is 23.7 Å². The summed E-state index contributed by atoms with van der Waals surface area (Å²) in [5, 5.41) is 2.85. The van der Waals surface area contributed by atoms with Crippen molar-refractivity contribution in [2.24, 2.45) is 0 Å². The lowest BCUT2D eigenvalue weighted by Crippen LogP contribution is -2.30. The van der Waals surface area contributed by atoms with E-state index in [4.69, 9.17) is 4.74 Å². The molecule has 0 aliphatic carbocycles. The molecule has 3 aromatic rings. The third kappa shape index (κ3) is 6.84. The summed E-state index contributed by atoms with van der Waals surface area (Å²) in [5.74, 6) is 0.605. The summed E-state index contributed by atoms with van der Waals surface area (Å²) in [6.45, 7) is 8.84. The van der Waals surface area contributed by atoms with E-state index < -0.39 is 10.0 Å². The maximum Gasteiger partial charge on any atom is 0.251 e. The van der Waals surface area contributed by atoms with E-state index >= 15 is 0 Å². The molecule has 0 spiro atoms. The van der Waals surface area contributed by atoms with Crippen LogP contribution in [0, 0.1) is 27.7 Å². The second kappa shape index (κ2) is 10.7. The van der Waals surface area contributed by atoms with E-state index in [9.17, 15) is 13.2 Å². The highest BCUT2D eigenvalue weighted by atomic mass is 32.2. The zero-order valence-corrected chi connectivity index (χ0v) is 21.2. The van der Waals surface area contributed by atoms with Crippen molar-refractivity contribution in [3.63, 3.8) is 0 Å². The van der Waals surface area contributed by atoms with Gasteiger partial charge in [-0.2, -0.15) is 0 Å². The number of rotatable bonds is 9. The number of hydrogen-bond acceptors (Lipinski definition) is 4. The minimum Gasteiger partial charge on any atom is -0.491 e. The maximum absolute atomic E-state index is 12.5. The number of sulfonamides is 1. The third-order valence-electron chi connectivity index (χ3n) is 5.41. The van der Waals surface area contributed by atoms with Crippen LogP contribution in [0.2, 0.25) is 0 Å². The molecule has 0 aliphatic rings. The second-order valence-corrected chi connectivity index (χ2v) is 10.6. The van der Waals surface area contributed by atoms with Crippen molar-refractivity contribution in [3.8, 4) is 5.75 Å². The van der Waals surface area contributed by atoms with Gasteiger partial charge in [0.1, 0.15) is 12.4 Å². The summed E-state index contributed by atoms with van der Waals surface area (Å²) in [6, 6.07) is 18.7. The van der Waals surface area contributed by atoms with Gasteiger partial charge < -0.3 is 10.1 Å². The van der Waals surface area contributed by atoms with Crippen molar-refractivity contribution in [1.29, 1.82) is 0 Å². The molecule has 3 rings (SSSR count). The van der Waals surface area contributed by atoms with Crippen LogP contribution in [0.1, 0.15) is 38.2 Å². The van der Waals surface area contributed by atoms with E-state index in [2.05, 4.69) is 11.4 Å². The SMILES string of the molecule is Cc1cc(C)cc(N(Cc2ccc(C(=O)NCCOc3ccc(C)cc3C)cc2)S(C)(=O)=O)c1. The van der Waals surface area contributed by atoms with Gasteiger partial charge in [-0.3, -0.25) is 9.10 Å². The summed E-state index contributed by atoms with van der Waals surface area (Å²) in [6.07, 6.45) is 1.20. The number of nitrogens with one attached hydrogen (secondary N) is 1. The minimum atomic E-state index is -3.48. The van der Waals surface area contributed by atoms with Crippen molar-refractivity contribution < 1.29 is 17.9 Å². The quantitative estimate of drug-likeness (QED) is 0.451. The first-order chi connectivity index (χ1) is 16.0. The number of nitrogens with zero attached hydrogens (tertiary/aromatic N) is 1. The normalized spacial score (nSPS) is 11.2. The molecule has 1 amide bonds. The summed E-state index contributed by atoms with van der Waals surface area (Å²) in [5.41, 5.74) is 6.16. The predicted molar refractivity (Wildman–Crippen MR) is 137 cm³/mol. The Kier molecular flexibility index (Phi) is 7.99. The highest BCUT2D eigenvalue weighted by Crippen LogP contribution is 2.24. The van der Waals surface area contributed by atoms with Gasteiger partial charge in [0.15, 0.2) is 0 Å². The molecule has 180 valence electrons. The van der Waals surface area contributed by atoms with Gasteiger partial charge in [-0.05, 0) is 80.3 Å². The molecule has 1 N–H and O–H groups in total. The maximum atomic E-state index is 12.5. The van der Waals surface area contributed by atoms with Crippen LogP contribution >= 0.6 is 0 Å². The Morgan fingerprint density at radius 2 is 1.53 bits per heavy atom. The average molecular weight is 481 g/mol. The first-order valence-corrected chi connectivity index (χ1v) is 13.0. The molecule has 0 fully saturated rings. The summed E-state index contributed by atoms with van der Waals surface area (Å²) in [7, 11) is -3.48. The molecule has 0 unspecified atom stereocenters. The number of ether oxygens (including phenoxy) is 1. The van der Waals surface area contributed by atoms with Crippen LogP contribution < -0.4 is 14.4 Å². The fourth-order valence-corrected chi connectivity index (χ4v) is 4.68. The van der Waals surface area contributed by atoms with Gasteiger partial charge in [-0.1, -0.05) is 35.9 Å². The molecule has 0 radical (unpaired) electrons. The molecular weight excluding hydrogens is 448 g/mol.